The fourth-order valence-electron chi connectivity index (χ4n) is 2.99. The molecule has 0 spiro atoms. The zero-order valence-corrected chi connectivity index (χ0v) is 11.5. The lowest BCUT2D eigenvalue weighted by atomic mass is 10.1. The summed E-state index contributed by atoms with van der Waals surface area (Å²) < 4.78 is 26.3. The molecule has 1 aliphatic carbocycles. The Hall–Kier alpha value is -0.130. The van der Waals surface area contributed by atoms with E-state index in [1.165, 1.54) is 25.7 Å². The molecule has 1 N–H and O–H groups in total. The van der Waals surface area contributed by atoms with Crippen molar-refractivity contribution in [2.24, 2.45) is 5.92 Å². The Labute approximate surface area is 105 Å². The van der Waals surface area contributed by atoms with E-state index in [2.05, 4.69) is 5.32 Å². The summed E-state index contributed by atoms with van der Waals surface area (Å²) in [5.41, 5.74) is 0. The van der Waals surface area contributed by atoms with E-state index in [1.54, 1.807) is 11.4 Å². The smallest absolute Gasteiger partial charge is 0.217 e. The number of piperidine rings is 1. The van der Waals surface area contributed by atoms with Gasteiger partial charge in [0.15, 0.2) is 0 Å². The largest absolute Gasteiger partial charge is 0.315 e. The van der Waals surface area contributed by atoms with Crippen LogP contribution in [0.25, 0.3) is 0 Å². The molecule has 1 aliphatic heterocycles. The second kappa shape index (κ2) is 5.67. The molecule has 5 heteroatoms. The Bertz CT molecular complexity index is 330. The van der Waals surface area contributed by atoms with E-state index in [9.17, 15) is 8.42 Å². The normalized spacial score (nSPS) is 27.8. The lowest BCUT2D eigenvalue weighted by Crippen LogP contribution is -2.45. The Kier molecular flexibility index (Phi) is 4.44. The Morgan fingerprint density at radius 1 is 1.18 bits per heavy atom. The number of sulfonamides is 1. The van der Waals surface area contributed by atoms with Gasteiger partial charge in [-0.15, -0.1) is 0 Å². The minimum atomic E-state index is -3.08. The summed E-state index contributed by atoms with van der Waals surface area (Å²) in [5, 5.41) is 2.98. The van der Waals surface area contributed by atoms with Gasteiger partial charge in [0, 0.05) is 20.1 Å². The summed E-state index contributed by atoms with van der Waals surface area (Å²) in [4.78, 5) is 0. The number of nitrogens with zero attached hydrogens (tertiary/aromatic N) is 1. The summed E-state index contributed by atoms with van der Waals surface area (Å²) in [7, 11) is -1.33. The maximum absolute atomic E-state index is 12.4. The molecule has 4 nitrogen and oxygen atoms in total. The Morgan fingerprint density at radius 2 is 1.88 bits per heavy atom. The Morgan fingerprint density at radius 3 is 2.47 bits per heavy atom. The first-order chi connectivity index (χ1) is 8.10. The van der Waals surface area contributed by atoms with Gasteiger partial charge in [-0.1, -0.05) is 12.8 Å². The van der Waals surface area contributed by atoms with E-state index in [1.807, 2.05) is 0 Å². The molecule has 1 atom stereocenters. The third-order valence-corrected chi connectivity index (χ3v) is 6.36. The zero-order valence-electron chi connectivity index (χ0n) is 10.7. The van der Waals surface area contributed by atoms with E-state index in [0.29, 0.717) is 12.5 Å². The van der Waals surface area contributed by atoms with Crippen LogP contribution in [0.5, 0.6) is 0 Å². The van der Waals surface area contributed by atoms with Crippen molar-refractivity contribution in [1.82, 2.24) is 9.62 Å². The average Bonchev–Trinajstić information content (AvgIpc) is 2.83. The van der Waals surface area contributed by atoms with E-state index in [0.717, 1.165) is 25.9 Å². The highest BCUT2D eigenvalue weighted by Gasteiger charge is 2.32. The summed E-state index contributed by atoms with van der Waals surface area (Å²) in [5.74, 6) is 0.589. The van der Waals surface area contributed by atoms with Crippen molar-refractivity contribution in [2.45, 2.75) is 43.8 Å². The van der Waals surface area contributed by atoms with Gasteiger partial charge in [-0.2, -0.15) is 0 Å². The van der Waals surface area contributed by atoms with Crippen LogP contribution in [0.3, 0.4) is 0 Å². The van der Waals surface area contributed by atoms with Gasteiger partial charge in [0.05, 0.1) is 5.25 Å². The number of nitrogens with one attached hydrogen (secondary N) is 1. The standard InChI is InChI=1S/C12H24N2O2S/c1-14(10-11-5-2-3-6-11)17(15,16)12-7-4-8-13-9-12/h11-13H,2-10H2,1H3. The molecule has 1 unspecified atom stereocenters. The van der Waals surface area contributed by atoms with E-state index in [4.69, 9.17) is 0 Å². The van der Waals surface area contributed by atoms with Crippen molar-refractivity contribution < 1.29 is 8.42 Å². The van der Waals surface area contributed by atoms with Gasteiger partial charge in [-0.25, -0.2) is 12.7 Å². The molecule has 1 heterocycles. The minimum Gasteiger partial charge on any atom is -0.315 e. The molecule has 1 saturated carbocycles. The van der Waals surface area contributed by atoms with Crippen LogP contribution in [0.1, 0.15) is 38.5 Å². The van der Waals surface area contributed by atoms with E-state index in [-0.39, 0.29) is 5.25 Å². The third-order valence-electron chi connectivity index (χ3n) is 4.10. The molecule has 0 aromatic heterocycles. The first-order valence-electron chi connectivity index (χ1n) is 6.76. The molecule has 100 valence electrons. The van der Waals surface area contributed by atoms with Gasteiger partial charge in [0.2, 0.25) is 10.0 Å². The fraction of sp³-hybridized carbons (Fsp3) is 1.00. The van der Waals surface area contributed by atoms with Crippen molar-refractivity contribution >= 4 is 10.0 Å². The molecule has 1 saturated heterocycles. The molecule has 0 bridgehead atoms. The Balaban J connectivity index is 1.93. The molecule has 2 rings (SSSR count). The topological polar surface area (TPSA) is 49.4 Å². The molecule has 2 aliphatic rings. The van der Waals surface area contributed by atoms with Crippen LogP contribution in [0, 0.1) is 5.92 Å². The molecule has 0 radical (unpaired) electrons. The van der Waals surface area contributed by atoms with Gasteiger partial charge >= 0.3 is 0 Å². The molecular weight excluding hydrogens is 236 g/mol. The first-order valence-corrected chi connectivity index (χ1v) is 8.27. The molecule has 0 aromatic carbocycles. The summed E-state index contributed by atoms with van der Waals surface area (Å²) >= 11 is 0. The van der Waals surface area contributed by atoms with E-state index < -0.39 is 10.0 Å². The fourth-order valence-corrected chi connectivity index (χ4v) is 4.71. The maximum Gasteiger partial charge on any atom is 0.217 e. The van der Waals surface area contributed by atoms with Crippen LogP contribution in [-0.4, -0.2) is 44.7 Å². The van der Waals surface area contributed by atoms with Gasteiger partial charge in [0.1, 0.15) is 0 Å². The zero-order chi connectivity index (χ0) is 12.3. The van der Waals surface area contributed by atoms with Crippen LogP contribution in [0.2, 0.25) is 0 Å². The van der Waals surface area contributed by atoms with Crippen LogP contribution in [0.4, 0.5) is 0 Å². The van der Waals surface area contributed by atoms with Crippen molar-refractivity contribution in [3.8, 4) is 0 Å². The van der Waals surface area contributed by atoms with Gasteiger partial charge < -0.3 is 5.32 Å². The molecular formula is C12H24N2O2S. The molecule has 2 fully saturated rings. The molecule has 17 heavy (non-hydrogen) atoms. The van der Waals surface area contributed by atoms with Crippen LogP contribution >= 0.6 is 0 Å². The van der Waals surface area contributed by atoms with Crippen molar-refractivity contribution in [2.75, 3.05) is 26.7 Å². The van der Waals surface area contributed by atoms with E-state index >= 15 is 0 Å². The number of hydrogen-bond acceptors (Lipinski definition) is 3. The predicted molar refractivity (Wildman–Crippen MR) is 69.4 cm³/mol. The van der Waals surface area contributed by atoms with Gasteiger partial charge in [-0.05, 0) is 38.1 Å². The average molecular weight is 260 g/mol. The molecule has 0 amide bonds. The second-order valence-electron chi connectivity index (χ2n) is 5.44. The van der Waals surface area contributed by atoms with Crippen molar-refractivity contribution in [1.29, 1.82) is 0 Å². The first kappa shape index (κ1) is 13.3. The van der Waals surface area contributed by atoms with Gasteiger partial charge in [0.25, 0.3) is 0 Å². The summed E-state index contributed by atoms with van der Waals surface area (Å²) in [6, 6.07) is 0. The number of hydrogen-bond donors (Lipinski definition) is 1. The molecule has 0 aromatic rings. The highest BCUT2D eigenvalue weighted by atomic mass is 32.2. The number of rotatable bonds is 4. The minimum absolute atomic E-state index is 0.206. The highest BCUT2D eigenvalue weighted by Crippen LogP contribution is 2.26. The van der Waals surface area contributed by atoms with Crippen molar-refractivity contribution in [3.63, 3.8) is 0 Å². The lowest BCUT2D eigenvalue weighted by Gasteiger charge is -2.29. The van der Waals surface area contributed by atoms with Crippen molar-refractivity contribution in [3.05, 3.63) is 0 Å². The predicted octanol–water partition coefficient (Wildman–Crippen LogP) is 1.19. The monoisotopic (exact) mass is 260 g/mol. The van der Waals surface area contributed by atoms with Crippen LogP contribution in [-0.2, 0) is 10.0 Å². The second-order valence-corrected chi connectivity index (χ2v) is 7.76. The third kappa shape index (κ3) is 3.20. The summed E-state index contributed by atoms with van der Waals surface area (Å²) in [6.45, 7) is 2.30. The summed E-state index contributed by atoms with van der Waals surface area (Å²) in [6.07, 6.45) is 6.71. The quantitative estimate of drug-likeness (QED) is 0.826. The van der Waals surface area contributed by atoms with Crippen LogP contribution < -0.4 is 5.32 Å². The SMILES string of the molecule is CN(CC1CCCC1)S(=O)(=O)C1CCCNC1. The van der Waals surface area contributed by atoms with Crippen LogP contribution in [0.15, 0.2) is 0 Å². The lowest BCUT2D eigenvalue weighted by molar-refractivity contribution is 0.374. The highest BCUT2D eigenvalue weighted by molar-refractivity contribution is 7.89. The van der Waals surface area contributed by atoms with Gasteiger partial charge in [-0.3, -0.25) is 0 Å². The maximum atomic E-state index is 12.4.